The third-order valence-corrected chi connectivity index (χ3v) is 11.4. The van der Waals surface area contributed by atoms with Crippen LogP contribution in [0.5, 0.6) is 0 Å². The molecule has 1 heteroatoms. The van der Waals surface area contributed by atoms with E-state index in [1.165, 1.54) is 49.4 Å². The zero-order valence-electron chi connectivity index (χ0n) is 22.2. The predicted molar refractivity (Wildman–Crippen MR) is 152 cm³/mol. The molecule has 0 saturated heterocycles. The van der Waals surface area contributed by atoms with Crippen molar-refractivity contribution in [1.29, 1.82) is 0 Å². The van der Waals surface area contributed by atoms with E-state index >= 15 is 0 Å². The van der Waals surface area contributed by atoms with Crippen LogP contribution in [0.2, 0.25) is 5.04 Å². The number of hydrogen-bond donors (Lipinski definition) is 0. The molecular formula is C33H39Si. The fraction of sp³-hybridized carbons (Fsp3) is 0.333. The van der Waals surface area contributed by atoms with E-state index in [0.29, 0.717) is 11.8 Å². The molecule has 0 fully saturated rings. The van der Waals surface area contributed by atoms with Gasteiger partial charge in [0, 0.05) is 5.04 Å². The molecule has 0 amide bonds. The van der Waals surface area contributed by atoms with Gasteiger partial charge in [-0.05, 0) is 66.0 Å². The van der Waals surface area contributed by atoms with E-state index in [4.69, 9.17) is 0 Å². The molecule has 1 atom stereocenters. The summed E-state index contributed by atoms with van der Waals surface area (Å²) in [5, 5.41) is 2.98. The molecule has 0 N–H and O–H groups in total. The lowest BCUT2D eigenvalue weighted by Gasteiger charge is -2.39. The topological polar surface area (TPSA) is 0 Å². The van der Waals surface area contributed by atoms with Gasteiger partial charge in [-0.15, -0.1) is 0 Å². The van der Waals surface area contributed by atoms with Crippen molar-refractivity contribution >= 4 is 24.7 Å². The van der Waals surface area contributed by atoms with Crippen molar-refractivity contribution in [3.8, 4) is 0 Å². The Morgan fingerprint density at radius 1 is 0.618 bits per heavy atom. The summed E-state index contributed by atoms with van der Waals surface area (Å²) in [6.45, 7) is 18.8. The van der Waals surface area contributed by atoms with E-state index in [9.17, 15) is 0 Å². The van der Waals surface area contributed by atoms with Crippen LogP contribution in [-0.4, -0.2) is 8.80 Å². The fourth-order valence-corrected chi connectivity index (χ4v) is 9.46. The highest BCUT2D eigenvalue weighted by atomic mass is 28.3. The van der Waals surface area contributed by atoms with Gasteiger partial charge in [0.15, 0.2) is 0 Å². The molecule has 34 heavy (non-hydrogen) atoms. The minimum absolute atomic E-state index is 0.0363. The maximum atomic E-state index is 2.53. The van der Waals surface area contributed by atoms with Crippen molar-refractivity contribution < 1.29 is 0 Å². The first-order valence-electron chi connectivity index (χ1n) is 12.7. The van der Waals surface area contributed by atoms with Gasteiger partial charge < -0.3 is 0 Å². The first-order chi connectivity index (χ1) is 16.2. The summed E-state index contributed by atoms with van der Waals surface area (Å²) in [7, 11) is -1.21. The van der Waals surface area contributed by atoms with Crippen LogP contribution in [0.4, 0.5) is 0 Å². The molecule has 0 nitrogen and oxygen atoms in total. The summed E-state index contributed by atoms with van der Waals surface area (Å²) in [5.74, 6) is 1.04. The largest absolute Gasteiger partial charge is 0.136 e. The minimum Gasteiger partial charge on any atom is -0.0628 e. The highest BCUT2D eigenvalue weighted by Crippen LogP contribution is 2.58. The molecule has 1 aliphatic rings. The Hall–Kier alpha value is -2.64. The quantitative estimate of drug-likeness (QED) is 0.324. The molecule has 175 valence electrons. The second-order valence-corrected chi connectivity index (χ2v) is 13.6. The maximum absolute atomic E-state index is 2.53. The van der Waals surface area contributed by atoms with Crippen molar-refractivity contribution in [2.24, 2.45) is 0 Å². The number of allylic oxidation sites excluding steroid dienone is 4. The van der Waals surface area contributed by atoms with Crippen LogP contribution in [0.15, 0.2) is 95.6 Å². The number of rotatable bonds is 6. The lowest BCUT2D eigenvalue weighted by Crippen LogP contribution is -2.51. The van der Waals surface area contributed by atoms with Crippen molar-refractivity contribution in [3.05, 3.63) is 112 Å². The van der Waals surface area contributed by atoms with Gasteiger partial charge in [0.25, 0.3) is 0 Å². The fourth-order valence-electron chi connectivity index (χ4n) is 5.68. The van der Waals surface area contributed by atoms with Gasteiger partial charge in [-0.2, -0.15) is 0 Å². The Bertz CT molecular complexity index is 1190. The lowest BCUT2D eigenvalue weighted by molar-refractivity contribution is 0.865. The van der Waals surface area contributed by atoms with Crippen LogP contribution in [0.1, 0.15) is 83.9 Å². The van der Waals surface area contributed by atoms with Crippen LogP contribution in [0.3, 0.4) is 0 Å². The van der Waals surface area contributed by atoms with Crippen LogP contribution in [0, 0.1) is 0 Å². The zero-order valence-corrected chi connectivity index (χ0v) is 23.2. The molecule has 3 aromatic carbocycles. The first kappa shape index (κ1) is 24.5. The molecule has 0 spiro atoms. The second-order valence-electron chi connectivity index (χ2n) is 10.7. The normalized spacial score (nSPS) is 18.7. The van der Waals surface area contributed by atoms with Crippen molar-refractivity contribution in [2.45, 2.75) is 72.3 Å². The van der Waals surface area contributed by atoms with Crippen LogP contribution in [0.25, 0.3) is 5.57 Å². The summed E-state index contributed by atoms with van der Waals surface area (Å²) in [6.07, 6.45) is 0. The lowest BCUT2D eigenvalue weighted by atomic mass is 9.90. The second kappa shape index (κ2) is 9.54. The molecular weight excluding hydrogens is 424 g/mol. The number of benzene rings is 3. The standard InChI is InChI=1S/C33H39Si/c1-22(2)28-16-12-18-30(20-28)34(31-19-13-17-29(21-31)23(3)4)33(8)26(7)24(5)25(6)32(33)27-14-10-9-11-15-27/h9-23H,1-8H3. The molecule has 0 bridgehead atoms. The predicted octanol–water partition coefficient (Wildman–Crippen LogP) is 8.13. The van der Waals surface area contributed by atoms with Crippen LogP contribution in [-0.2, 0) is 0 Å². The van der Waals surface area contributed by atoms with E-state index < -0.39 is 8.80 Å². The van der Waals surface area contributed by atoms with Crippen molar-refractivity contribution in [1.82, 2.24) is 0 Å². The Balaban J connectivity index is 2.03. The molecule has 0 saturated carbocycles. The van der Waals surface area contributed by atoms with Crippen molar-refractivity contribution in [3.63, 3.8) is 0 Å². The third-order valence-electron chi connectivity index (χ3n) is 8.00. The smallest absolute Gasteiger partial charge is 0.0628 e. The third kappa shape index (κ3) is 4.16. The van der Waals surface area contributed by atoms with E-state index in [2.05, 4.69) is 134 Å². The van der Waals surface area contributed by atoms with Gasteiger partial charge in [0.1, 0.15) is 8.80 Å². The average Bonchev–Trinajstić information content (AvgIpc) is 3.00. The van der Waals surface area contributed by atoms with Gasteiger partial charge in [0.05, 0.1) is 0 Å². The van der Waals surface area contributed by atoms with Crippen LogP contribution < -0.4 is 10.4 Å². The Kier molecular flexibility index (Phi) is 6.87. The summed E-state index contributed by atoms with van der Waals surface area (Å²) < 4.78 is 0. The highest BCUT2D eigenvalue weighted by molar-refractivity contribution is 6.89. The highest BCUT2D eigenvalue weighted by Gasteiger charge is 2.48. The van der Waals surface area contributed by atoms with E-state index in [0.717, 1.165) is 0 Å². The Morgan fingerprint density at radius 3 is 1.59 bits per heavy atom. The summed E-state index contributed by atoms with van der Waals surface area (Å²) in [6, 6.07) is 30.1. The summed E-state index contributed by atoms with van der Waals surface area (Å²) in [5.41, 5.74) is 10.2. The maximum Gasteiger partial charge on any atom is 0.136 e. The molecule has 4 rings (SSSR count). The summed E-state index contributed by atoms with van der Waals surface area (Å²) >= 11 is 0. The van der Waals surface area contributed by atoms with E-state index in [1.807, 2.05) is 0 Å². The van der Waals surface area contributed by atoms with Gasteiger partial charge in [0.2, 0.25) is 0 Å². The molecule has 1 radical (unpaired) electrons. The van der Waals surface area contributed by atoms with Gasteiger partial charge >= 0.3 is 0 Å². The van der Waals surface area contributed by atoms with Crippen molar-refractivity contribution in [2.75, 3.05) is 0 Å². The number of hydrogen-bond acceptors (Lipinski definition) is 0. The van der Waals surface area contributed by atoms with Gasteiger partial charge in [-0.25, -0.2) is 0 Å². The monoisotopic (exact) mass is 463 g/mol. The van der Waals surface area contributed by atoms with Gasteiger partial charge in [-0.3, -0.25) is 0 Å². The molecule has 0 heterocycles. The minimum atomic E-state index is -1.21. The molecule has 3 aromatic rings. The van der Waals surface area contributed by atoms with E-state index in [-0.39, 0.29) is 5.04 Å². The van der Waals surface area contributed by atoms with Gasteiger partial charge in [-0.1, -0.05) is 129 Å². The first-order valence-corrected chi connectivity index (χ1v) is 14.2. The Morgan fingerprint density at radius 2 is 1.12 bits per heavy atom. The Labute approximate surface area is 209 Å². The molecule has 1 aliphatic carbocycles. The summed E-state index contributed by atoms with van der Waals surface area (Å²) in [4.78, 5) is 0. The SMILES string of the molecule is CC1=C(C)C(C)([Si](c2cccc(C(C)C)c2)c2cccc(C(C)C)c2)C(c2ccccc2)=C1C. The molecule has 0 aromatic heterocycles. The van der Waals surface area contributed by atoms with E-state index in [1.54, 1.807) is 0 Å². The zero-order chi connectivity index (χ0) is 24.6. The average molecular weight is 464 g/mol. The molecule has 1 unspecified atom stereocenters. The van der Waals surface area contributed by atoms with Crippen LogP contribution >= 0.6 is 0 Å². The molecule has 0 aliphatic heterocycles.